The number of amides is 1. The van der Waals surface area contributed by atoms with E-state index in [9.17, 15) is 4.79 Å². The van der Waals surface area contributed by atoms with Crippen molar-refractivity contribution in [3.8, 4) is 17.3 Å². The molecule has 0 bridgehead atoms. The Labute approximate surface area is 235 Å². The molecule has 4 aromatic rings. The molecule has 1 N–H and O–H groups in total. The van der Waals surface area contributed by atoms with Crippen LogP contribution in [-0.4, -0.2) is 53.6 Å². The zero-order valence-electron chi connectivity index (χ0n) is 23.2. The second-order valence-electron chi connectivity index (χ2n) is 10.8. The van der Waals surface area contributed by atoms with Gasteiger partial charge in [-0.25, -0.2) is 0 Å². The topological polar surface area (TPSA) is 70.6 Å². The van der Waals surface area contributed by atoms with Gasteiger partial charge in [0.25, 0.3) is 0 Å². The standard InChI is InChI=1S/C33H35N5O2/c1-4-30(39)34-25-15-13-24(14-16-25)32-27-17-19-38(29-12-6-10-23-9-5-8-22(2)31(23)29)20-28(27)35-33(36-32)40-21-26-11-7-18-37(26)3/h4-6,8-10,12-16,26H,1,7,11,17-21H2,2-3H3,(H,34,39)/t26-/m0/s1. The van der Waals surface area contributed by atoms with E-state index in [1.807, 2.05) is 24.3 Å². The lowest BCUT2D eigenvalue weighted by atomic mass is 9.96. The van der Waals surface area contributed by atoms with Crippen LogP contribution in [0.2, 0.25) is 0 Å². The lowest BCUT2D eigenvalue weighted by Crippen LogP contribution is -2.33. The molecule has 40 heavy (non-hydrogen) atoms. The third kappa shape index (κ3) is 5.17. The average molecular weight is 534 g/mol. The highest BCUT2D eigenvalue weighted by Crippen LogP contribution is 2.36. The second kappa shape index (κ2) is 11.1. The fraction of sp³-hybridized carbons (Fsp3) is 0.303. The number of anilines is 2. The van der Waals surface area contributed by atoms with Crippen molar-refractivity contribution < 1.29 is 9.53 Å². The highest BCUT2D eigenvalue weighted by molar-refractivity contribution is 5.99. The lowest BCUT2D eigenvalue weighted by molar-refractivity contribution is -0.111. The summed E-state index contributed by atoms with van der Waals surface area (Å²) in [7, 11) is 2.15. The normalized spacial score (nSPS) is 17.1. The molecule has 1 amide bonds. The van der Waals surface area contributed by atoms with E-state index in [0.29, 0.717) is 25.2 Å². The highest BCUT2D eigenvalue weighted by atomic mass is 16.5. The fourth-order valence-corrected chi connectivity index (χ4v) is 5.95. The zero-order valence-corrected chi connectivity index (χ0v) is 23.2. The number of hydrogen-bond acceptors (Lipinski definition) is 6. The van der Waals surface area contributed by atoms with Gasteiger partial charge in [0, 0.05) is 40.5 Å². The molecule has 204 valence electrons. The number of rotatable bonds is 7. The molecule has 7 nitrogen and oxygen atoms in total. The maximum Gasteiger partial charge on any atom is 0.317 e. The molecule has 7 heteroatoms. The van der Waals surface area contributed by atoms with Gasteiger partial charge in [0.1, 0.15) is 6.61 Å². The Bertz CT molecular complexity index is 1560. The minimum absolute atomic E-state index is 0.233. The Kier molecular flexibility index (Phi) is 7.22. The monoisotopic (exact) mass is 533 g/mol. The average Bonchev–Trinajstić information content (AvgIpc) is 3.40. The molecule has 3 aromatic carbocycles. The van der Waals surface area contributed by atoms with Gasteiger partial charge in [0.2, 0.25) is 5.91 Å². The fourth-order valence-electron chi connectivity index (χ4n) is 5.95. The van der Waals surface area contributed by atoms with Crippen LogP contribution in [0.5, 0.6) is 6.01 Å². The molecule has 0 unspecified atom stereocenters. The van der Waals surface area contributed by atoms with Crippen LogP contribution in [0.4, 0.5) is 11.4 Å². The molecule has 6 rings (SSSR count). The summed E-state index contributed by atoms with van der Waals surface area (Å²) in [4.78, 5) is 26.4. The molecule has 0 spiro atoms. The first kappa shape index (κ1) is 26.0. The van der Waals surface area contributed by atoms with E-state index < -0.39 is 0 Å². The summed E-state index contributed by atoms with van der Waals surface area (Å²) in [6.45, 7) is 8.94. The van der Waals surface area contributed by atoms with Crippen molar-refractivity contribution in [2.24, 2.45) is 0 Å². The highest BCUT2D eigenvalue weighted by Gasteiger charge is 2.26. The predicted molar refractivity (Wildman–Crippen MR) is 161 cm³/mol. The first-order chi connectivity index (χ1) is 19.5. The summed E-state index contributed by atoms with van der Waals surface area (Å²) in [5.41, 5.74) is 7.26. The van der Waals surface area contributed by atoms with Crippen LogP contribution in [0.25, 0.3) is 22.0 Å². The van der Waals surface area contributed by atoms with Crippen LogP contribution in [-0.2, 0) is 17.8 Å². The molecule has 1 aromatic heterocycles. The number of nitrogens with zero attached hydrogens (tertiary/aromatic N) is 4. The number of aromatic nitrogens is 2. The van der Waals surface area contributed by atoms with Crippen molar-refractivity contribution in [3.63, 3.8) is 0 Å². The number of carbonyl (C=O) groups is 1. The molecule has 2 aliphatic rings. The molecular weight excluding hydrogens is 498 g/mol. The maximum atomic E-state index is 11.8. The van der Waals surface area contributed by atoms with E-state index >= 15 is 0 Å². The molecule has 2 aliphatic heterocycles. The number of likely N-dealkylation sites (N-methyl/N-ethyl adjacent to an activating group) is 1. The largest absolute Gasteiger partial charge is 0.462 e. The molecule has 1 saturated heterocycles. The van der Waals surface area contributed by atoms with E-state index in [0.717, 1.165) is 54.1 Å². The van der Waals surface area contributed by atoms with Gasteiger partial charge in [0.15, 0.2) is 0 Å². The van der Waals surface area contributed by atoms with Crippen molar-refractivity contribution in [2.75, 3.05) is 37.0 Å². The number of fused-ring (bicyclic) bond motifs is 2. The van der Waals surface area contributed by atoms with Crippen LogP contribution in [0, 0.1) is 6.92 Å². The summed E-state index contributed by atoms with van der Waals surface area (Å²) in [5.74, 6) is -0.233. The third-order valence-corrected chi connectivity index (χ3v) is 8.16. The molecular formula is C33H35N5O2. The van der Waals surface area contributed by atoms with Gasteiger partial charge >= 0.3 is 6.01 Å². The smallest absolute Gasteiger partial charge is 0.317 e. The van der Waals surface area contributed by atoms with Crippen molar-refractivity contribution in [1.82, 2.24) is 14.9 Å². The Morgan fingerprint density at radius 1 is 1.10 bits per heavy atom. The van der Waals surface area contributed by atoms with Crippen molar-refractivity contribution in [3.05, 3.63) is 90.1 Å². The molecule has 0 radical (unpaired) electrons. The number of ether oxygens (including phenoxy) is 1. The minimum atomic E-state index is -0.233. The van der Waals surface area contributed by atoms with Gasteiger partial charge in [-0.3, -0.25) is 4.79 Å². The van der Waals surface area contributed by atoms with Gasteiger partial charge in [-0.15, -0.1) is 0 Å². The molecule has 1 fully saturated rings. The summed E-state index contributed by atoms with van der Waals surface area (Å²) in [6.07, 6.45) is 4.41. The number of likely N-dealkylation sites (tertiary alicyclic amines) is 1. The molecule has 3 heterocycles. The third-order valence-electron chi connectivity index (χ3n) is 8.16. The summed E-state index contributed by atoms with van der Waals surface area (Å²) >= 11 is 0. The van der Waals surface area contributed by atoms with E-state index in [1.54, 1.807) is 0 Å². The summed E-state index contributed by atoms with van der Waals surface area (Å²) in [5, 5.41) is 5.36. The predicted octanol–water partition coefficient (Wildman–Crippen LogP) is 5.77. The SMILES string of the molecule is C=CC(=O)Nc1ccc(-c2nc(OC[C@@H]3CCCN3C)nc3c2CCN(c2cccc4cccc(C)c24)C3)cc1. The molecule has 0 saturated carbocycles. The van der Waals surface area contributed by atoms with Gasteiger partial charge < -0.3 is 19.9 Å². The minimum Gasteiger partial charge on any atom is -0.462 e. The number of nitrogens with one attached hydrogen (secondary N) is 1. The molecule has 0 aliphatic carbocycles. The first-order valence-electron chi connectivity index (χ1n) is 14.0. The summed E-state index contributed by atoms with van der Waals surface area (Å²) in [6, 6.07) is 21.6. The second-order valence-corrected chi connectivity index (χ2v) is 10.8. The Hall–Kier alpha value is -4.23. The summed E-state index contributed by atoms with van der Waals surface area (Å²) < 4.78 is 6.26. The lowest BCUT2D eigenvalue weighted by Gasteiger charge is -2.32. The number of aryl methyl sites for hydroxylation is 1. The van der Waals surface area contributed by atoms with Gasteiger partial charge in [-0.1, -0.05) is 49.0 Å². The Morgan fingerprint density at radius 2 is 1.90 bits per heavy atom. The van der Waals surface area contributed by atoms with Gasteiger partial charge in [0.05, 0.1) is 17.9 Å². The van der Waals surface area contributed by atoms with Crippen molar-refractivity contribution >= 4 is 28.1 Å². The van der Waals surface area contributed by atoms with Crippen LogP contribution in [0.3, 0.4) is 0 Å². The zero-order chi connectivity index (χ0) is 27.6. The van der Waals surface area contributed by atoms with E-state index in [-0.39, 0.29) is 5.91 Å². The van der Waals surface area contributed by atoms with Crippen LogP contribution < -0.4 is 15.0 Å². The van der Waals surface area contributed by atoms with Crippen LogP contribution >= 0.6 is 0 Å². The number of carbonyl (C=O) groups excluding carboxylic acids is 1. The number of hydrogen-bond donors (Lipinski definition) is 1. The van der Waals surface area contributed by atoms with E-state index in [1.165, 1.54) is 34.5 Å². The van der Waals surface area contributed by atoms with Crippen molar-refractivity contribution in [2.45, 2.75) is 38.8 Å². The van der Waals surface area contributed by atoms with Gasteiger partial charge in [-0.05, 0) is 75.0 Å². The quantitative estimate of drug-likeness (QED) is 0.305. The Morgan fingerprint density at radius 3 is 2.65 bits per heavy atom. The maximum absolute atomic E-state index is 11.8. The van der Waals surface area contributed by atoms with Crippen LogP contribution in [0.15, 0.2) is 73.3 Å². The number of benzene rings is 3. The van der Waals surface area contributed by atoms with Gasteiger partial charge in [-0.2, -0.15) is 9.97 Å². The first-order valence-corrected chi connectivity index (χ1v) is 14.0. The van der Waals surface area contributed by atoms with E-state index in [4.69, 9.17) is 14.7 Å². The Balaban J connectivity index is 1.36. The van der Waals surface area contributed by atoms with Crippen LogP contribution in [0.1, 0.15) is 29.7 Å². The van der Waals surface area contributed by atoms with E-state index in [2.05, 4.69) is 72.1 Å². The molecule has 1 atom stereocenters. The van der Waals surface area contributed by atoms with Crippen molar-refractivity contribution in [1.29, 1.82) is 0 Å².